The second-order valence-corrected chi connectivity index (χ2v) is 7.17. The van der Waals surface area contributed by atoms with Crippen LogP contribution in [0.4, 0.5) is 13.2 Å². The maximum absolute atomic E-state index is 12.9. The molecule has 0 N–H and O–H groups in total. The number of nitrogens with zero attached hydrogens (tertiary/aromatic N) is 2. The quantitative estimate of drug-likeness (QED) is 0.735. The van der Waals surface area contributed by atoms with E-state index in [0.717, 1.165) is 17.7 Å². The van der Waals surface area contributed by atoms with E-state index < -0.39 is 11.7 Å². The van der Waals surface area contributed by atoms with Gasteiger partial charge in [0.15, 0.2) is 0 Å². The Labute approximate surface area is 178 Å². The fourth-order valence-electron chi connectivity index (χ4n) is 3.49. The maximum Gasteiger partial charge on any atom is 0.416 e. The molecule has 0 atom stereocenters. The summed E-state index contributed by atoms with van der Waals surface area (Å²) in [4.78, 5) is 28.7. The highest BCUT2D eigenvalue weighted by Crippen LogP contribution is 2.31. The van der Waals surface area contributed by atoms with Gasteiger partial charge < -0.3 is 19.3 Å². The third-order valence-electron chi connectivity index (χ3n) is 5.31. The summed E-state index contributed by atoms with van der Waals surface area (Å²) < 4.78 is 48.7. The summed E-state index contributed by atoms with van der Waals surface area (Å²) in [5.41, 5.74) is 0.583. The molecule has 2 aromatic rings. The SMILES string of the molecule is COc1cc(C(=O)N2CCN(C(=O)c3ccc(C(F)(F)F)cc3)CC2)cc(OC)c1C. The van der Waals surface area contributed by atoms with Crippen LogP contribution in [0.15, 0.2) is 36.4 Å². The van der Waals surface area contributed by atoms with Gasteiger partial charge in [-0.2, -0.15) is 13.2 Å². The van der Waals surface area contributed by atoms with E-state index in [1.54, 1.807) is 17.0 Å². The number of carbonyl (C=O) groups is 2. The van der Waals surface area contributed by atoms with Crippen LogP contribution in [0.5, 0.6) is 11.5 Å². The number of piperazine rings is 1. The van der Waals surface area contributed by atoms with E-state index in [1.807, 2.05) is 6.92 Å². The Hall–Kier alpha value is -3.23. The fraction of sp³-hybridized carbons (Fsp3) is 0.364. The van der Waals surface area contributed by atoms with E-state index in [9.17, 15) is 22.8 Å². The monoisotopic (exact) mass is 436 g/mol. The highest BCUT2D eigenvalue weighted by Gasteiger charge is 2.31. The molecule has 6 nitrogen and oxygen atoms in total. The van der Waals surface area contributed by atoms with Crippen LogP contribution in [0.2, 0.25) is 0 Å². The van der Waals surface area contributed by atoms with E-state index in [4.69, 9.17) is 9.47 Å². The molecular weight excluding hydrogens is 413 g/mol. The standard InChI is InChI=1S/C22H23F3N2O4/c1-14-18(30-2)12-16(13-19(14)31-3)21(29)27-10-8-26(9-11-27)20(28)15-4-6-17(7-5-15)22(23,24)25/h4-7,12-13H,8-11H2,1-3H3. The summed E-state index contributed by atoms with van der Waals surface area (Å²) >= 11 is 0. The predicted octanol–water partition coefficient (Wildman–Crippen LogP) is 3.63. The molecule has 1 heterocycles. The summed E-state index contributed by atoms with van der Waals surface area (Å²) in [5, 5.41) is 0. The van der Waals surface area contributed by atoms with Gasteiger partial charge in [0.25, 0.3) is 11.8 Å². The first-order valence-electron chi connectivity index (χ1n) is 9.64. The topological polar surface area (TPSA) is 59.1 Å². The molecule has 2 aromatic carbocycles. The Morgan fingerprint density at radius 3 is 1.61 bits per heavy atom. The fourth-order valence-corrected chi connectivity index (χ4v) is 3.49. The molecule has 0 spiro atoms. The zero-order valence-electron chi connectivity index (χ0n) is 17.5. The molecule has 1 saturated heterocycles. The Morgan fingerprint density at radius 1 is 0.806 bits per heavy atom. The maximum atomic E-state index is 12.9. The number of amides is 2. The van der Waals surface area contributed by atoms with Crippen LogP contribution in [-0.2, 0) is 6.18 Å². The molecule has 0 radical (unpaired) electrons. The second kappa shape index (κ2) is 8.87. The lowest BCUT2D eigenvalue weighted by atomic mass is 10.1. The Morgan fingerprint density at radius 2 is 1.23 bits per heavy atom. The van der Waals surface area contributed by atoms with Gasteiger partial charge in [-0.25, -0.2) is 0 Å². The van der Waals surface area contributed by atoms with Crippen molar-refractivity contribution in [3.05, 3.63) is 58.7 Å². The molecule has 0 bridgehead atoms. The van der Waals surface area contributed by atoms with Gasteiger partial charge in [-0.3, -0.25) is 9.59 Å². The van der Waals surface area contributed by atoms with Gasteiger partial charge in [0, 0.05) is 42.9 Å². The lowest BCUT2D eigenvalue weighted by molar-refractivity contribution is -0.137. The smallest absolute Gasteiger partial charge is 0.416 e. The lowest BCUT2D eigenvalue weighted by Crippen LogP contribution is -2.50. The van der Waals surface area contributed by atoms with Crippen molar-refractivity contribution in [3.63, 3.8) is 0 Å². The van der Waals surface area contributed by atoms with Crippen molar-refractivity contribution in [2.75, 3.05) is 40.4 Å². The molecule has 1 fully saturated rings. The molecule has 31 heavy (non-hydrogen) atoms. The molecule has 166 valence electrons. The van der Waals surface area contributed by atoms with Crippen LogP contribution >= 0.6 is 0 Å². The molecule has 0 aromatic heterocycles. The highest BCUT2D eigenvalue weighted by molar-refractivity contribution is 5.96. The number of methoxy groups -OCH3 is 2. The molecule has 0 saturated carbocycles. The van der Waals surface area contributed by atoms with E-state index in [0.29, 0.717) is 30.2 Å². The van der Waals surface area contributed by atoms with Crippen LogP contribution in [0.25, 0.3) is 0 Å². The summed E-state index contributed by atoms with van der Waals surface area (Å²) in [6.45, 7) is 3.02. The van der Waals surface area contributed by atoms with Gasteiger partial charge in [-0.1, -0.05) is 0 Å². The minimum atomic E-state index is -4.45. The van der Waals surface area contributed by atoms with Crippen molar-refractivity contribution in [2.24, 2.45) is 0 Å². The van der Waals surface area contributed by atoms with Crippen molar-refractivity contribution in [2.45, 2.75) is 13.1 Å². The van der Waals surface area contributed by atoms with Crippen molar-refractivity contribution >= 4 is 11.8 Å². The molecule has 0 unspecified atom stereocenters. The highest BCUT2D eigenvalue weighted by atomic mass is 19.4. The molecule has 1 aliphatic rings. The van der Waals surface area contributed by atoms with Crippen LogP contribution < -0.4 is 9.47 Å². The number of hydrogen-bond donors (Lipinski definition) is 0. The van der Waals surface area contributed by atoms with Gasteiger partial charge in [-0.15, -0.1) is 0 Å². The van der Waals surface area contributed by atoms with Gasteiger partial charge in [-0.05, 0) is 43.3 Å². The van der Waals surface area contributed by atoms with Crippen molar-refractivity contribution in [3.8, 4) is 11.5 Å². The van der Waals surface area contributed by atoms with Gasteiger partial charge in [0.1, 0.15) is 11.5 Å². The number of hydrogen-bond acceptors (Lipinski definition) is 4. The van der Waals surface area contributed by atoms with Crippen LogP contribution in [0.1, 0.15) is 31.8 Å². The Bertz CT molecular complexity index is 941. The van der Waals surface area contributed by atoms with Crippen molar-refractivity contribution < 1.29 is 32.2 Å². The number of halogens is 3. The van der Waals surface area contributed by atoms with Gasteiger partial charge >= 0.3 is 6.18 Å². The molecular formula is C22H23F3N2O4. The van der Waals surface area contributed by atoms with Crippen LogP contribution in [-0.4, -0.2) is 62.0 Å². The Balaban J connectivity index is 1.66. The molecule has 3 rings (SSSR count). The first-order chi connectivity index (χ1) is 14.7. The number of benzene rings is 2. The molecule has 1 aliphatic heterocycles. The number of ether oxygens (including phenoxy) is 2. The average molecular weight is 436 g/mol. The van der Waals surface area contributed by atoms with Crippen LogP contribution in [0, 0.1) is 6.92 Å². The second-order valence-electron chi connectivity index (χ2n) is 7.17. The van der Waals surface area contributed by atoms with Gasteiger partial charge in [0.05, 0.1) is 19.8 Å². The largest absolute Gasteiger partial charge is 0.496 e. The third kappa shape index (κ3) is 4.76. The lowest BCUT2D eigenvalue weighted by Gasteiger charge is -2.35. The van der Waals surface area contributed by atoms with E-state index in [1.165, 1.54) is 31.3 Å². The summed E-state index contributed by atoms with van der Waals surface area (Å²) in [7, 11) is 3.03. The minimum absolute atomic E-state index is 0.181. The molecule has 2 amide bonds. The number of alkyl halides is 3. The van der Waals surface area contributed by atoms with E-state index in [2.05, 4.69) is 0 Å². The van der Waals surface area contributed by atoms with Gasteiger partial charge in [0.2, 0.25) is 0 Å². The first kappa shape index (κ1) is 22.5. The minimum Gasteiger partial charge on any atom is -0.496 e. The zero-order chi connectivity index (χ0) is 22.8. The van der Waals surface area contributed by atoms with Crippen molar-refractivity contribution in [1.29, 1.82) is 0 Å². The summed E-state index contributed by atoms with van der Waals surface area (Å²) in [6, 6.07) is 7.44. The van der Waals surface area contributed by atoms with Crippen molar-refractivity contribution in [1.82, 2.24) is 9.80 Å². The number of carbonyl (C=O) groups excluding carboxylic acids is 2. The molecule has 9 heteroatoms. The normalized spacial score (nSPS) is 14.4. The Kier molecular flexibility index (Phi) is 6.42. The van der Waals surface area contributed by atoms with E-state index >= 15 is 0 Å². The zero-order valence-corrected chi connectivity index (χ0v) is 17.5. The van der Waals surface area contributed by atoms with E-state index in [-0.39, 0.29) is 30.5 Å². The average Bonchev–Trinajstić information content (AvgIpc) is 2.78. The number of rotatable bonds is 4. The first-order valence-corrected chi connectivity index (χ1v) is 9.64. The summed E-state index contributed by atoms with van der Waals surface area (Å²) in [6.07, 6.45) is -4.45. The molecule has 0 aliphatic carbocycles. The third-order valence-corrected chi connectivity index (χ3v) is 5.31. The predicted molar refractivity (Wildman–Crippen MR) is 108 cm³/mol. The summed E-state index contributed by atoms with van der Waals surface area (Å²) in [5.74, 6) is 0.510. The van der Waals surface area contributed by atoms with Crippen LogP contribution in [0.3, 0.4) is 0 Å².